The van der Waals surface area contributed by atoms with Crippen molar-refractivity contribution in [1.82, 2.24) is 0 Å². The van der Waals surface area contributed by atoms with E-state index in [4.69, 9.17) is 14.2 Å². The van der Waals surface area contributed by atoms with Gasteiger partial charge in [-0.2, -0.15) is 0 Å². The molecule has 0 amide bonds. The lowest BCUT2D eigenvalue weighted by Crippen LogP contribution is -2.24. The van der Waals surface area contributed by atoms with E-state index in [-0.39, 0.29) is 6.10 Å². The van der Waals surface area contributed by atoms with Gasteiger partial charge >= 0.3 is 0 Å². The van der Waals surface area contributed by atoms with Gasteiger partial charge in [0.05, 0.1) is 13.2 Å². The Labute approximate surface area is 92.3 Å². The Hall–Kier alpha value is 0.170. The number of hydrogen-bond donors (Lipinski definition) is 0. The molecule has 0 N–H and O–H groups in total. The van der Waals surface area contributed by atoms with Crippen LogP contribution >= 0.6 is 22.6 Å². The Kier molecular flexibility index (Phi) is 4.46. The first kappa shape index (κ1) is 11.2. The van der Waals surface area contributed by atoms with Crippen molar-refractivity contribution >= 4 is 22.6 Å². The van der Waals surface area contributed by atoms with Crippen molar-refractivity contribution in [3.63, 3.8) is 0 Å². The third-order valence-electron chi connectivity index (χ3n) is 1.61. The van der Waals surface area contributed by atoms with E-state index in [1.807, 2.05) is 36.4 Å². The predicted molar refractivity (Wildman–Crippen MR) is 57.5 cm³/mol. The Morgan fingerprint density at radius 2 is 2.38 bits per heavy atom. The second-order valence-corrected chi connectivity index (χ2v) is 3.78. The summed E-state index contributed by atoms with van der Waals surface area (Å²) in [6, 6.07) is 0. The lowest BCUT2D eigenvalue weighted by molar-refractivity contribution is -0.144. The zero-order valence-electron chi connectivity index (χ0n) is 7.80. The van der Waals surface area contributed by atoms with Gasteiger partial charge in [0.2, 0.25) is 0 Å². The Morgan fingerprint density at radius 1 is 1.62 bits per heavy atom. The van der Waals surface area contributed by atoms with Crippen molar-refractivity contribution in [1.29, 1.82) is 0 Å². The highest BCUT2D eigenvalue weighted by molar-refractivity contribution is 14.1. The molecule has 0 spiro atoms. The molecule has 0 radical (unpaired) electrons. The van der Waals surface area contributed by atoms with Crippen molar-refractivity contribution in [3.05, 3.63) is 0 Å². The monoisotopic (exact) mass is 296 g/mol. The van der Waals surface area contributed by atoms with Gasteiger partial charge < -0.3 is 14.2 Å². The zero-order chi connectivity index (χ0) is 9.73. The fourth-order valence-corrected chi connectivity index (χ4v) is 1.27. The molecule has 0 bridgehead atoms. The molecule has 74 valence electrons. The van der Waals surface area contributed by atoms with Crippen LogP contribution in [-0.2, 0) is 14.2 Å². The van der Waals surface area contributed by atoms with Gasteiger partial charge in [-0.15, -0.1) is 0 Å². The summed E-state index contributed by atoms with van der Waals surface area (Å²) in [7, 11) is 0. The first-order valence-corrected chi connectivity index (χ1v) is 5.20. The quantitative estimate of drug-likeness (QED) is 0.449. The van der Waals surface area contributed by atoms with Gasteiger partial charge in [0.1, 0.15) is 12.7 Å². The second kappa shape index (κ2) is 5.15. The van der Waals surface area contributed by atoms with Crippen LogP contribution in [0, 0.1) is 9.85 Å². The van der Waals surface area contributed by atoms with Crippen molar-refractivity contribution in [2.24, 2.45) is 0 Å². The van der Waals surface area contributed by atoms with E-state index in [0.29, 0.717) is 19.8 Å². The Balaban J connectivity index is 2.13. The average Bonchev–Trinajstić information content (AvgIpc) is 2.40. The summed E-state index contributed by atoms with van der Waals surface area (Å²) in [6.07, 6.45) is 0.0472. The first-order chi connectivity index (χ1) is 6.14. The van der Waals surface area contributed by atoms with Crippen LogP contribution in [0.2, 0.25) is 0 Å². The summed E-state index contributed by atoms with van der Waals surface area (Å²) in [5.74, 6) is 2.36. The highest BCUT2D eigenvalue weighted by atomic mass is 127. The minimum absolute atomic E-state index is 0.0472. The molecule has 1 heterocycles. The molecular formula is C9H13IO3. The number of hydrogen-bond acceptors (Lipinski definition) is 3. The van der Waals surface area contributed by atoms with Crippen molar-refractivity contribution in [2.75, 3.05) is 19.8 Å². The maximum absolute atomic E-state index is 5.53. The molecule has 1 aliphatic rings. The number of rotatable bonds is 3. The van der Waals surface area contributed by atoms with Crippen LogP contribution in [0.5, 0.6) is 0 Å². The van der Waals surface area contributed by atoms with E-state index in [9.17, 15) is 0 Å². The van der Waals surface area contributed by atoms with Gasteiger partial charge in [-0.3, -0.25) is 0 Å². The largest absolute Gasteiger partial charge is 0.366 e. The van der Waals surface area contributed by atoms with Gasteiger partial charge in [-0.05, 0) is 17.8 Å². The Bertz CT molecular complexity index is 217. The third-order valence-corrected chi connectivity index (χ3v) is 1.99. The standard InChI is InChI=1S/C9H13IO3/c1-9(2)12-7-8(13-9)6-11-5-3-4-10/h8H,5-7H2,1-2H3. The molecule has 1 saturated heterocycles. The summed E-state index contributed by atoms with van der Waals surface area (Å²) in [6.45, 7) is 5.41. The molecule has 0 aromatic rings. The Morgan fingerprint density at radius 3 is 2.92 bits per heavy atom. The fourth-order valence-electron chi connectivity index (χ4n) is 1.11. The minimum Gasteiger partial charge on any atom is -0.366 e. The second-order valence-electron chi connectivity index (χ2n) is 3.24. The summed E-state index contributed by atoms with van der Waals surface area (Å²) >= 11 is 1.98. The molecule has 0 saturated carbocycles. The third kappa shape index (κ3) is 4.27. The molecule has 0 aromatic heterocycles. The van der Waals surface area contributed by atoms with Crippen molar-refractivity contribution < 1.29 is 14.2 Å². The smallest absolute Gasteiger partial charge is 0.163 e. The van der Waals surface area contributed by atoms with Gasteiger partial charge in [0.15, 0.2) is 5.79 Å². The number of ether oxygens (including phenoxy) is 3. The van der Waals surface area contributed by atoms with Crippen LogP contribution in [0.3, 0.4) is 0 Å². The van der Waals surface area contributed by atoms with Gasteiger partial charge in [0, 0.05) is 22.6 Å². The predicted octanol–water partition coefficient (Wildman–Crippen LogP) is 1.55. The van der Waals surface area contributed by atoms with Gasteiger partial charge in [0.25, 0.3) is 0 Å². The van der Waals surface area contributed by atoms with E-state index in [0.717, 1.165) is 0 Å². The molecule has 1 atom stereocenters. The van der Waals surface area contributed by atoms with E-state index in [1.165, 1.54) is 0 Å². The van der Waals surface area contributed by atoms with E-state index in [2.05, 4.69) is 9.85 Å². The lowest BCUT2D eigenvalue weighted by atomic mass is 10.4. The molecular weight excluding hydrogens is 283 g/mol. The summed E-state index contributed by atoms with van der Waals surface area (Å²) in [5, 5.41) is 0. The first-order valence-electron chi connectivity index (χ1n) is 4.12. The van der Waals surface area contributed by atoms with E-state index >= 15 is 0 Å². The van der Waals surface area contributed by atoms with Crippen molar-refractivity contribution in [3.8, 4) is 9.85 Å². The van der Waals surface area contributed by atoms with Gasteiger partial charge in [-0.1, -0.05) is 5.92 Å². The van der Waals surface area contributed by atoms with E-state index < -0.39 is 5.79 Å². The van der Waals surface area contributed by atoms with Crippen LogP contribution in [0.4, 0.5) is 0 Å². The average molecular weight is 296 g/mol. The molecule has 13 heavy (non-hydrogen) atoms. The summed E-state index contributed by atoms with van der Waals surface area (Å²) < 4.78 is 18.9. The maximum Gasteiger partial charge on any atom is 0.163 e. The SMILES string of the molecule is CC1(C)OCC(COCC#CI)O1. The molecule has 4 heteroatoms. The maximum atomic E-state index is 5.53. The molecule has 0 aliphatic carbocycles. The molecule has 1 unspecified atom stereocenters. The highest BCUT2D eigenvalue weighted by Crippen LogP contribution is 2.22. The topological polar surface area (TPSA) is 27.7 Å². The fraction of sp³-hybridized carbons (Fsp3) is 0.778. The normalized spacial score (nSPS) is 25.3. The summed E-state index contributed by atoms with van der Waals surface area (Å²) in [4.78, 5) is 0. The highest BCUT2D eigenvalue weighted by Gasteiger charge is 2.32. The minimum atomic E-state index is -0.455. The lowest BCUT2D eigenvalue weighted by Gasteiger charge is -2.16. The van der Waals surface area contributed by atoms with Crippen LogP contribution in [0.25, 0.3) is 0 Å². The number of halogens is 1. The molecule has 0 aromatic carbocycles. The van der Waals surface area contributed by atoms with Crippen LogP contribution < -0.4 is 0 Å². The molecule has 1 rings (SSSR count). The zero-order valence-corrected chi connectivity index (χ0v) is 9.96. The van der Waals surface area contributed by atoms with Crippen LogP contribution in [-0.4, -0.2) is 31.7 Å². The van der Waals surface area contributed by atoms with E-state index in [1.54, 1.807) is 0 Å². The van der Waals surface area contributed by atoms with Crippen molar-refractivity contribution in [2.45, 2.75) is 25.7 Å². The molecule has 1 fully saturated rings. The molecule has 3 nitrogen and oxygen atoms in total. The van der Waals surface area contributed by atoms with Gasteiger partial charge in [-0.25, -0.2) is 0 Å². The van der Waals surface area contributed by atoms with Crippen LogP contribution in [0.1, 0.15) is 13.8 Å². The molecule has 1 aliphatic heterocycles. The summed E-state index contributed by atoms with van der Waals surface area (Å²) in [5.41, 5.74) is 0. The van der Waals surface area contributed by atoms with Crippen LogP contribution in [0.15, 0.2) is 0 Å².